The Kier molecular flexibility index (Phi) is 17.8. The first-order chi connectivity index (χ1) is 17.2. The number of aromatic amines is 1. The van der Waals surface area contributed by atoms with Crippen LogP contribution in [0.3, 0.4) is 0 Å². The number of H-pyrrole nitrogens is 1. The molecule has 0 saturated heterocycles. The topological polar surface area (TPSA) is 65.1 Å². The maximum absolute atomic E-state index is 13.3. The molecule has 0 aliphatic rings. The fourth-order valence-corrected chi connectivity index (χ4v) is 2.87. The van der Waals surface area contributed by atoms with Crippen molar-refractivity contribution in [2.45, 2.75) is 47.1 Å². The van der Waals surface area contributed by atoms with Crippen LogP contribution in [0.1, 0.15) is 51.8 Å². The molecule has 3 N–H and O–H groups in total. The third-order valence-corrected chi connectivity index (χ3v) is 4.91. The van der Waals surface area contributed by atoms with E-state index >= 15 is 0 Å². The highest BCUT2D eigenvalue weighted by Crippen LogP contribution is 2.17. The predicted molar refractivity (Wildman–Crippen MR) is 157 cm³/mol. The monoisotopic (exact) mass is 535 g/mol. The first-order valence-corrected chi connectivity index (χ1v) is 12.9. The molecule has 5 nitrogen and oxygen atoms in total. The molecule has 0 aliphatic carbocycles. The molecule has 0 spiro atoms. The van der Waals surface area contributed by atoms with Crippen LogP contribution in [0.4, 0.5) is 10.2 Å². The Morgan fingerprint density at radius 3 is 2.50 bits per heavy atom. The smallest absolute Gasteiger partial charge is 0.148 e. The largest absolute Gasteiger partial charge is 0.380 e. The number of aromatic nitrogens is 2. The Morgan fingerprint density at radius 2 is 1.92 bits per heavy atom. The summed E-state index contributed by atoms with van der Waals surface area (Å²) >= 11 is 10.5. The number of rotatable bonds is 12. The molecule has 1 atom stereocenters. The SMILES string of the molecule is C=CN=C(C(=C)NCc1ccc(F)c(Cl)c1)c1cc(NC/C(C)=C/CC(C)C=C)n[nH]1.CCC.CCl. The average Bonchev–Trinajstić information content (AvgIpc) is 3.35. The lowest BCUT2D eigenvalue weighted by Gasteiger charge is -2.11. The first-order valence-electron chi connectivity index (χ1n) is 11.8. The Labute approximate surface area is 226 Å². The van der Waals surface area contributed by atoms with Crippen molar-refractivity contribution in [3.8, 4) is 0 Å². The van der Waals surface area contributed by atoms with E-state index in [9.17, 15) is 4.39 Å². The maximum Gasteiger partial charge on any atom is 0.148 e. The minimum atomic E-state index is -0.448. The zero-order chi connectivity index (χ0) is 27.5. The van der Waals surface area contributed by atoms with Gasteiger partial charge in [-0.25, -0.2) is 4.39 Å². The van der Waals surface area contributed by atoms with Crippen molar-refractivity contribution in [1.29, 1.82) is 0 Å². The van der Waals surface area contributed by atoms with Gasteiger partial charge in [-0.2, -0.15) is 5.10 Å². The molecule has 0 bridgehead atoms. The van der Waals surface area contributed by atoms with Gasteiger partial charge >= 0.3 is 0 Å². The molecular formula is C28H40Cl2FN5. The Balaban J connectivity index is 0.00000227. The number of nitrogens with zero attached hydrogens (tertiary/aromatic N) is 2. The Hall–Kier alpha value is -2.83. The summed E-state index contributed by atoms with van der Waals surface area (Å²) in [6, 6.07) is 6.44. The summed E-state index contributed by atoms with van der Waals surface area (Å²) in [6.07, 6.45) is 9.27. The number of nitrogens with one attached hydrogen (secondary N) is 3. The van der Waals surface area contributed by atoms with E-state index in [4.69, 9.17) is 11.6 Å². The number of halogens is 3. The van der Waals surface area contributed by atoms with E-state index in [1.165, 1.54) is 30.6 Å². The summed E-state index contributed by atoms with van der Waals surface area (Å²) in [5, 5.41) is 13.8. The van der Waals surface area contributed by atoms with Crippen LogP contribution in [0.2, 0.25) is 5.02 Å². The molecule has 1 heterocycles. The van der Waals surface area contributed by atoms with E-state index in [0.29, 0.717) is 41.9 Å². The van der Waals surface area contributed by atoms with E-state index in [-0.39, 0.29) is 5.02 Å². The molecule has 1 aromatic carbocycles. The summed E-state index contributed by atoms with van der Waals surface area (Å²) in [5.74, 6) is 0.708. The zero-order valence-electron chi connectivity index (χ0n) is 22.1. The molecule has 0 fully saturated rings. The molecule has 0 aliphatic heterocycles. The van der Waals surface area contributed by atoms with E-state index in [0.717, 1.165) is 12.0 Å². The quantitative estimate of drug-likeness (QED) is 0.145. The molecular weight excluding hydrogens is 496 g/mol. The number of benzene rings is 1. The van der Waals surface area contributed by atoms with Crippen molar-refractivity contribution in [2.75, 3.05) is 18.2 Å². The van der Waals surface area contributed by atoms with E-state index in [1.54, 1.807) is 12.1 Å². The van der Waals surface area contributed by atoms with E-state index < -0.39 is 5.82 Å². The Morgan fingerprint density at radius 1 is 1.25 bits per heavy atom. The fraction of sp³-hybridized carbons (Fsp3) is 0.357. The van der Waals surface area contributed by atoms with Crippen LogP contribution in [-0.2, 0) is 6.54 Å². The molecule has 36 heavy (non-hydrogen) atoms. The highest BCUT2D eigenvalue weighted by molar-refractivity contribution is 6.30. The molecule has 198 valence electrons. The summed E-state index contributed by atoms with van der Waals surface area (Å²) < 4.78 is 13.3. The van der Waals surface area contributed by atoms with Crippen LogP contribution < -0.4 is 10.6 Å². The number of aliphatic imine (C=N–C) groups is 1. The van der Waals surface area contributed by atoms with E-state index in [1.807, 2.05) is 12.1 Å². The van der Waals surface area contributed by atoms with Crippen LogP contribution in [0.5, 0.6) is 0 Å². The molecule has 8 heteroatoms. The number of hydrogen-bond acceptors (Lipinski definition) is 4. The minimum absolute atomic E-state index is 0.0810. The maximum atomic E-state index is 13.3. The second-order valence-corrected chi connectivity index (χ2v) is 8.37. The molecule has 2 aromatic rings. The van der Waals surface area contributed by atoms with Gasteiger partial charge in [-0.1, -0.05) is 75.7 Å². The lowest BCUT2D eigenvalue weighted by atomic mass is 10.1. The van der Waals surface area contributed by atoms with Crippen molar-refractivity contribution in [2.24, 2.45) is 10.9 Å². The number of alkyl halides is 1. The summed E-state index contributed by atoms with van der Waals surface area (Å²) in [6.45, 7) is 21.1. The summed E-state index contributed by atoms with van der Waals surface area (Å²) in [4.78, 5) is 4.32. The van der Waals surface area contributed by atoms with Gasteiger partial charge < -0.3 is 10.6 Å². The van der Waals surface area contributed by atoms with Crippen LogP contribution in [0, 0.1) is 11.7 Å². The van der Waals surface area contributed by atoms with Gasteiger partial charge in [0.1, 0.15) is 17.3 Å². The van der Waals surface area contributed by atoms with Gasteiger partial charge in [0.25, 0.3) is 0 Å². The second-order valence-electron chi connectivity index (χ2n) is 7.97. The van der Waals surface area contributed by atoms with Gasteiger partial charge in [-0.3, -0.25) is 10.1 Å². The van der Waals surface area contributed by atoms with Crippen molar-refractivity contribution in [1.82, 2.24) is 15.5 Å². The summed E-state index contributed by atoms with van der Waals surface area (Å²) in [7, 11) is 0. The van der Waals surface area contributed by atoms with Gasteiger partial charge in [-0.15, -0.1) is 18.2 Å². The molecule has 2 rings (SSSR count). The zero-order valence-corrected chi connectivity index (χ0v) is 23.6. The van der Waals surface area contributed by atoms with Gasteiger partial charge in [0.15, 0.2) is 0 Å². The van der Waals surface area contributed by atoms with Gasteiger partial charge in [-0.05, 0) is 37.0 Å². The minimum Gasteiger partial charge on any atom is -0.380 e. The van der Waals surface area contributed by atoms with Crippen molar-refractivity contribution in [3.05, 3.63) is 95.7 Å². The van der Waals surface area contributed by atoms with Crippen LogP contribution in [0.15, 0.2) is 78.6 Å². The number of hydrogen-bond donors (Lipinski definition) is 3. The fourth-order valence-electron chi connectivity index (χ4n) is 2.66. The number of allylic oxidation sites excluding steroid dienone is 3. The molecule has 1 aromatic heterocycles. The van der Waals surface area contributed by atoms with Crippen molar-refractivity contribution < 1.29 is 4.39 Å². The Bertz CT molecular complexity index is 1010. The third-order valence-electron chi connectivity index (χ3n) is 4.62. The average molecular weight is 537 g/mol. The standard InChI is InChI=1S/C24H29ClFN5.C3H8.CH3Cl/c1-6-16(3)8-9-17(4)14-29-23-13-22(30-31-23)24(27-7-2)18(5)28-15-19-10-11-21(26)20(25)12-19;1-3-2;1-2/h6-7,9-13,16,28H,1-2,5,8,14-15H2,3-4H3,(H2,29,30,31);3H2,1-2H3;1H3/b17-9+,27-24?;;. The van der Waals surface area contributed by atoms with Crippen molar-refractivity contribution in [3.63, 3.8) is 0 Å². The molecule has 0 saturated carbocycles. The molecule has 1 unspecified atom stereocenters. The summed E-state index contributed by atoms with van der Waals surface area (Å²) in [5.41, 5.74) is 3.90. The highest BCUT2D eigenvalue weighted by Gasteiger charge is 2.12. The predicted octanol–water partition coefficient (Wildman–Crippen LogP) is 8.28. The lowest BCUT2D eigenvalue weighted by molar-refractivity contribution is 0.627. The van der Waals surface area contributed by atoms with E-state index in [2.05, 4.69) is 90.9 Å². The second kappa shape index (κ2) is 19.4. The van der Waals surface area contributed by atoms with Crippen LogP contribution in [0.25, 0.3) is 0 Å². The number of anilines is 1. The van der Waals surface area contributed by atoms with Gasteiger partial charge in [0, 0.05) is 31.7 Å². The van der Waals surface area contributed by atoms with Gasteiger partial charge in [0.05, 0.1) is 16.4 Å². The normalized spacial score (nSPS) is 11.8. The van der Waals surface area contributed by atoms with Crippen molar-refractivity contribution >= 4 is 34.7 Å². The van der Waals surface area contributed by atoms with Crippen LogP contribution in [-0.4, -0.2) is 28.8 Å². The molecule has 0 radical (unpaired) electrons. The van der Waals surface area contributed by atoms with Gasteiger partial charge in [0.2, 0.25) is 0 Å². The molecule has 0 amide bonds. The van der Waals surface area contributed by atoms with Crippen LogP contribution >= 0.6 is 23.2 Å². The first kappa shape index (κ1) is 33.2. The third kappa shape index (κ3) is 12.8. The lowest BCUT2D eigenvalue weighted by Crippen LogP contribution is -2.20. The highest BCUT2D eigenvalue weighted by atomic mass is 35.5.